The third kappa shape index (κ3) is 2.44. The lowest BCUT2D eigenvalue weighted by Gasteiger charge is -2.15. The molecule has 20 heavy (non-hydrogen) atoms. The van der Waals surface area contributed by atoms with Crippen molar-refractivity contribution in [3.8, 4) is 0 Å². The highest BCUT2D eigenvalue weighted by atomic mass is 32.2. The Labute approximate surface area is 127 Å². The quantitative estimate of drug-likeness (QED) is 0.874. The molecule has 0 saturated heterocycles. The second-order valence-electron chi connectivity index (χ2n) is 5.20. The minimum Gasteiger partial charge on any atom is -0.332 e. The number of benzene rings is 1. The Morgan fingerprint density at radius 3 is 3.00 bits per heavy atom. The molecule has 5 heteroatoms. The number of nitrogens with one attached hydrogen (secondary N) is 1. The average molecular weight is 306 g/mol. The summed E-state index contributed by atoms with van der Waals surface area (Å²) >= 11 is 7.40. The first-order valence-electron chi connectivity index (χ1n) is 7.06. The van der Waals surface area contributed by atoms with Crippen LogP contribution in [0.15, 0.2) is 29.1 Å². The Bertz CT molecular complexity index is 734. The highest BCUT2D eigenvalue weighted by Gasteiger charge is 2.27. The van der Waals surface area contributed by atoms with Crippen LogP contribution in [0.3, 0.4) is 0 Å². The van der Waals surface area contributed by atoms with Gasteiger partial charge in [-0.25, -0.2) is 0 Å². The van der Waals surface area contributed by atoms with E-state index in [1.54, 1.807) is 4.57 Å². The lowest BCUT2D eigenvalue weighted by molar-refractivity contribution is 0.494. The van der Waals surface area contributed by atoms with Crippen molar-refractivity contribution in [2.24, 2.45) is 0 Å². The molecule has 1 aromatic carbocycles. The summed E-state index contributed by atoms with van der Waals surface area (Å²) in [5, 5.41) is 1.39. The molecule has 106 valence electrons. The van der Waals surface area contributed by atoms with Crippen LogP contribution in [0.2, 0.25) is 0 Å². The summed E-state index contributed by atoms with van der Waals surface area (Å²) in [6, 6.07) is 7.84. The van der Waals surface area contributed by atoms with Crippen molar-refractivity contribution in [1.82, 2.24) is 9.55 Å². The first-order chi connectivity index (χ1) is 9.70. The van der Waals surface area contributed by atoms with E-state index >= 15 is 0 Å². The molecule has 3 nitrogen and oxygen atoms in total. The molecule has 2 aromatic rings. The molecule has 1 heterocycles. The Morgan fingerprint density at radius 2 is 2.20 bits per heavy atom. The molecular weight excluding hydrogens is 288 g/mol. The number of rotatable bonds is 3. The van der Waals surface area contributed by atoms with Gasteiger partial charge < -0.3 is 4.98 Å². The number of aromatic nitrogens is 2. The van der Waals surface area contributed by atoms with E-state index in [0.717, 1.165) is 29.5 Å². The van der Waals surface area contributed by atoms with Crippen LogP contribution in [-0.4, -0.2) is 20.6 Å². The van der Waals surface area contributed by atoms with E-state index < -0.39 is 0 Å². The zero-order valence-electron chi connectivity index (χ0n) is 11.5. The van der Waals surface area contributed by atoms with Crippen LogP contribution in [0.1, 0.15) is 32.2 Å². The minimum absolute atomic E-state index is 0.0523. The van der Waals surface area contributed by atoms with Crippen LogP contribution in [-0.2, 0) is 0 Å². The molecule has 2 atom stereocenters. The summed E-state index contributed by atoms with van der Waals surface area (Å²) in [6.45, 7) is 2.19. The predicted octanol–water partition coefficient (Wildman–Crippen LogP) is 3.91. The van der Waals surface area contributed by atoms with Gasteiger partial charge in [-0.1, -0.05) is 19.1 Å². The van der Waals surface area contributed by atoms with E-state index in [0.29, 0.717) is 10.0 Å². The molecule has 1 aliphatic carbocycles. The number of aromatic amines is 1. The van der Waals surface area contributed by atoms with E-state index in [9.17, 15) is 4.79 Å². The fourth-order valence-corrected chi connectivity index (χ4v) is 4.52. The first-order valence-corrected chi connectivity index (χ1v) is 8.51. The second-order valence-corrected chi connectivity index (χ2v) is 7.16. The van der Waals surface area contributed by atoms with E-state index in [4.69, 9.17) is 12.2 Å². The van der Waals surface area contributed by atoms with Crippen molar-refractivity contribution < 1.29 is 0 Å². The van der Waals surface area contributed by atoms with Gasteiger partial charge in [-0.15, -0.1) is 0 Å². The largest absolute Gasteiger partial charge is 0.332 e. The van der Waals surface area contributed by atoms with Crippen LogP contribution in [0.4, 0.5) is 0 Å². The third-order valence-electron chi connectivity index (χ3n) is 3.96. The SMILES string of the molecule is CCSC1CCC(n2c(=S)[nH]c3ccccc3c2=O)C1. The van der Waals surface area contributed by atoms with Crippen molar-refractivity contribution in [3.05, 3.63) is 39.4 Å². The maximum absolute atomic E-state index is 12.7. The van der Waals surface area contributed by atoms with Crippen molar-refractivity contribution >= 4 is 34.9 Å². The van der Waals surface area contributed by atoms with Crippen LogP contribution < -0.4 is 5.56 Å². The zero-order valence-corrected chi connectivity index (χ0v) is 13.1. The molecule has 1 aromatic heterocycles. The Morgan fingerprint density at radius 1 is 1.40 bits per heavy atom. The van der Waals surface area contributed by atoms with Gasteiger partial charge in [0, 0.05) is 11.3 Å². The van der Waals surface area contributed by atoms with Gasteiger partial charge in [0.15, 0.2) is 4.77 Å². The molecular formula is C15H18N2OS2. The van der Waals surface area contributed by atoms with Gasteiger partial charge in [0.25, 0.3) is 5.56 Å². The topological polar surface area (TPSA) is 37.8 Å². The lowest BCUT2D eigenvalue weighted by Crippen LogP contribution is -2.25. The average Bonchev–Trinajstić information content (AvgIpc) is 2.87. The number of H-pyrrole nitrogens is 1. The second kappa shape index (κ2) is 5.74. The van der Waals surface area contributed by atoms with Gasteiger partial charge in [-0.3, -0.25) is 9.36 Å². The third-order valence-corrected chi connectivity index (χ3v) is 5.49. The molecule has 1 saturated carbocycles. The van der Waals surface area contributed by atoms with Gasteiger partial charge >= 0.3 is 0 Å². The molecule has 1 fully saturated rings. The summed E-state index contributed by atoms with van der Waals surface area (Å²) in [4.78, 5) is 15.9. The highest BCUT2D eigenvalue weighted by Crippen LogP contribution is 2.36. The zero-order chi connectivity index (χ0) is 14.1. The van der Waals surface area contributed by atoms with Crippen molar-refractivity contribution in [1.29, 1.82) is 0 Å². The predicted molar refractivity (Wildman–Crippen MR) is 88.2 cm³/mol. The molecule has 0 bridgehead atoms. The van der Waals surface area contributed by atoms with Gasteiger partial charge in [0.2, 0.25) is 0 Å². The van der Waals surface area contributed by atoms with Gasteiger partial charge in [-0.05, 0) is 49.4 Å². The van der Waals surface area contributed by atoms with E-state index in [-0.39, 0.29) is 11.6 Å². The number of nitrogens with zero attached hydrogens (tertiary/aromatic N) is 1. The molecule has 0 radical (unpaired) electrons. The van der Waals surface area contributed by atoms with E-state index in [1.807, 2.05) is 36.0 Å². The van der Waals surface area contributed by atoms with E-state index in [1.165, 1.54) is 6.42 Å². The maximum atomic E-state index is 12.7. The van der Waals surface area contributed by atoms with Gasteiger partial charge in [-0.2, -0.15) is 11.8 Å². The van der Waals surface area contributed by atoms with Crippen LogP contribution in [0, 0.1) is 4.77 Å². The van der Waals surface area contributed by atoms with Gasteiger partial charge in [0.05, 0.1) is 10.9 Å². The fraction of sp³-hybridized carbons (Fsp3) is 0.467. The van der Waals surface area contributed by atoms with Crippen LogP contribution >= 0.6 is 24.0 Å². The lowest BCUT2D eigenvalue weighted by atomic mass is 10.2. The normalized spacial score (nSPS) is 22.4. The Kier molecular flexibility index (Phi) is 3.98. The molecule has 3 rings (SSSR count). The van der Waals surface area contributed by atoms with E-state index in [2.05, 4.69) is 11.9 Å². The number of para-hydroxylation sites is 1. The molecule has 0 aliphatic heterocycles. The number of thioether (sulfide) groups is 1. The summed E-state index contributed by atoms with van der Waals surface area (Å²) in [6.07, 6.45) is 3.28. The molecule has 0 spiro atoms. The molecule has 2 unspecified atom stereocenters. The van der Waals surface area contributed by atoms with Crippen LogP contribution in [0.25, 0.3) is 10.9 Å². The monoisotopic (exact) mass is 306 g/mol. The molecule has 1 aliphatic rings. The fourth-order valence-electron chi connectivity index (χ4n) is 3.05. The standard InChI is InChI=1S/C15H18N2OS2/c1-2-20-11-8-7-10(9-11)17-14(18)12-5-3-4-6-13(12)16-15(17)19/h3-6,10-11H,2,7-9H2,1H3,(H,16,19). The number of fused-ring (bicyclic) bond motifs is 1. The smallest absolute Gasteiger partial charge is 0.262 e. The maximum Gasteiger partial charge on any atom is 0.262 e. The number of hydrogen-bond acceptors (Lipinski definition) is 3. The summed E-state index contributed by atoms with van der Waals surface area (Å²) in [7, 11) is 0. The highest BCUT2D eigenvalue weighted by molar-refractivity contribution is 7.99. The molecule has 1 N–H and O–H groups in total. The van der Waals surface area contributed by atoms with Crippen molar-refractivity contribution in [2.75, 3.05) is 5.75 Å². The number of hydrogen-bond donors (Lipinski definition) is 1. The first kappa shape index (κ1) is 13.9. The Hall–Kier alpha value is -1.07. The van der Waals surface area contributed by atoms with Gasteiger partial charge in [0.1, 0.15) is 0 Å². The molecule has 0 amide bonds. The summed E-state index contributed by atoms with van der Waals surface area (Å²) in [5.74, 6) is 1.14. The Balaban J connectivity index is 2.04. The summed E-state index contributed by atoms with van der Waals surface area (Å²) in [5.41, 5.74) is 0.882. The van der Waals surface area contributed by atoms with Crippen molar-refractivity contribution in [3.63, 3.8) is 0 Å². The van der Waals surface area contributed by atoms with Crippen molar-refractivity contribution in [2.45, 2.75) is 37.5 Å². The minimum atomic E-state index is 0.0523. The summed E-state index contributed by atoms with van der Waals surface area (Å²) < 4.78 is 2.36. The van der Waals surface area contributed by atoms with Crippen LogP contribution in [0.5, 0.6) is 0 Å².